The molecule has 0 fully saturated rings. The number of carboxylic acid groups (broad SMARTS) is 1. The van der Waals surface area contributed by atoms with Crippen LogP contribution in [0.2, 0.25) is 0 Å². The number of alkyl halides is 3. The SMILES string of the molecule is O=C(O)c1ccc(-c2ccccc2CNC(=O)C(F)(F)F)cc1. The van der Waals surface area contributed by atoms with E-state index >= 15 is 0 Å². The highest BCUT2D eigenvalue weighted by Crippen LogP contribution is 2.24. The van der Waals surface area contributed by atoms with Crippen LogP contribution in [0.25, 0.3) is 11.1 Å². The smallest absolute Gasteiger partial charge is 0.471 e. The Morgan fingerprint density at radius 3 is 2.17 bits per heavy atom. The van der Waals surface area contributed by atoms with Gasteiger partial charge in [-0.25, -0.2) is 4.79 Å². The van der Waals surface area contributed by atoms with Crippen molar-refractivity contribution in [2.24, 2.45) is 0 Å². The summed E-state index contributed by atoms with van der Waals surface area (Å²) < 4.78 is 36.7. The Morgan fingerprint density at radius 1 is 1.00 bits per heavy atom. The highest BCUT2D eigenvalue weighted by atomic mass is 19.4. The number of nitrogens with one attached hydrogen (secondary N) is 1. The standard InChI is InChI=1S/C16H12F3NO3/c17-16(18,19)15(23)20-9-12-3-1-2-4-13(12)10-5-7-11(8-6-10)14(21)22/h1-8H,9H2,(H,20,23)(H,21,22). The maximum atomic E-state index is 12.2. The Labute approximate surface area is 129 Å². The number of benzene rings is 2. The van der Waals surface area contributed by atoms with Gasteiger partial charge in [0.05, 0.1) is 5.56 Å². The van der Waals surface area contributed by atoms with Gasteiger partial charge in [-0.05, 0) is 28.8 Å². The number of rotatable bonds is 4. The zero-order valence-corrected chi connectivity index (χ0v) is 11.7. The third kappa shape index (κ3) is 4.09. The molecule has 2 N–H and O–H groups in total. The van der Waals surface area contributed by atoms with Gasteiger partial charge in [0.2, 0.25) is 0 Å². The molecule has 1 amide bonds. The topological polar surface area (TPSA) is 66.4 Å². The highest BCUT2D eigenvalue weighted by Gasteiger charge is 2.38. The summed E-state index contributed by atoms with van der Waals surface area (Å²) in [5.74, 6) is -3.07. The Hall–Kier alpha value is -2.83. The van der Waals surface area contributed by atoms with Crippen LogP contribution in [0.1, 0.15) is 15.9 Å². The fourth-order valence-corrected chi connectivity index (χ4v) is 2.02. The van der Waals surface area contributed by atoms with Gasteiger partial charge in [0.25, 0.3) is 0 Å². The normalized spacial score (nSPS) is 11.1. The fourth-order valence-electron chi connectivity index (χ4n) is 2.02. The van der Waals surface area contributed by atoms with Crippen molar-refractivity contribution < 1.29 is 27.9 Å². The summed E-state index contributed by atoms with van der Waals surface area (Å²) in [6.45, 7) is -0.283. The molecule has 2 aromatic carbocycles. The maximum Gasteiger partial charge on any atom is 0.471 e. The predicted octanol–water partition coefficient (Wildman–Crippen LogP) is 3.23. The zero-order chi connectivity index (χ0) is 17.0. The van der Waals surface area contributed by atoms with Crippen LogP contribution in [0.15, 0.2) is 48.5 Å². The molecule has 2 rings (SSSR count). The van der Waals surface area contributed by atoms with Crippen LogP contribution in [-0.2, 0) is 11.3 Å². The fraction of sp³-hybridized carbons (Fsp3) is 0.125. The lowest BCUT2D eigenvalue weighted by molar-refractivity contribution is -0.173. The third-order valence-electron chi connectivity index (χ3n) is 3.16. The second-order valence-corrected chi connectivity index (χ2v) is 4.72. The van der Waals surface area contributed by atoms with Gasteiger partial charge in [0, 0.05) is 6.54 Å². The number of carboxylic acids is 1. The number of hydrogen-bond donors (Lipinski definition) is 2. The average molecular weight is 323 g/mol. The second kappa shape index (κ2) is 6.51. The van der Waals surface area contributed by atoms with E-state index in [9.17, 15) is 22.8 Å². The van der Waals surface area contributed by atoms with Gasteiger partial charge in [-0.3, -0.25) is 4.79 Å². The van der Waals surface area contributed by atoms with Crippen LogP contribution < -0.4 is 5.32 Å². The van der Waals surface area contributed by atoms with Gasteiger partial charge in [-0.15, -0.1) is 0 Å². The van der Waals surface area contributed by atoms with Gasteiger partial charge >= 0.3 is 18.1 Å². The van der Waals surface area contributed by atoms with Crippen molar-refractivity contribution in [3.8, 4) is 11.1 Å². The molecule has 0 saturated heterocycles. The van der Waals surface area contributed by atoms with E-state index in [4.69, 9.17) is 5.11 Å². The van der Waals surface area contributed by atoms with E-state index in [1.54, 1.807) is 36.4 Å². The van der Waals surface area contributed by atoms with Gasteiger partial charge < -0.3 is 10.4 Å². The van der Waals surface area contributed by atoms with Gasteiger partial charge in [-0.2, -0.15) is 13.2 Å². The Bertz CT molecular complexity index is 724. The van der Waals surface area contributed by atoms with Crippen LogP contribution in [0.4, 0.5) is 13.2 Å². The van der Waals surface area contributed by atoms with Crippen LogP contribution in [0, 0.1) is 0 Å². The summed E-state index contributed by atoms with van der Waals surface area (Å²) in [6, 6.07) is 12.6. The molecule has 0 aromatic heterocycles. The number of hydrogen-bond acceptors (Lipinski definition) is 2. The molecular formula is C16H12F3NO3. The summed E-state index contributed by atoms with van der Waals surface area (Å²) >= 11 is 0. The largest absolute Gasteiger partial charge is 0.478 e. The van der Waals surface area contributed by atoms with Crippen molar-refractivity contribution in [1.29, 1.82) is 0 Å². The predicted molar refractivity (Wildman–Crippen MR) is 76.7 cm³/mol. The Morgan fingerprint density at radius 2 is 1.61 bits per heavy atom. The molecule has 0 aliphatic rings. The molecule has 0 bridgehead atoms. The highest BCUT2D eigenvalue weighted by molar-refractivity contribution is 5.88. The first kappa shape index (κ1) is 16.5. The lowest BCUT2D eigenvalue weighted by atomic mass is 9.98. The monoisotopic (exact) mass is 323 g/mol. The molecule has 0 saturated carbocycles. The lowest BCUT2D eigenvalue weighted by Crippen LogP contribution is -2.36. The molecule has 7 heteroatoms. The first-order chi connectivity index (χ1) is 10.8. The van der Waals surface area contributed by atoms with Crippen molar-refractivity contribution in [3.63, 3.8) is 0 Å². The number of amides is 1. The van der Waals surface area contributed by atoms with Crippen LogP contribution in [0.5, 0.6) is 0 Å². The molecule has 0 radical (unpaired) electrons. The summed E-state index contributed by atoms with van der Waals surface area (Å²) in [5, 5.41) is 10.7. The molecule has 0 spiro atoms. The molecule has 120 valence electrons. The molecule has 0 heterocycles. The molecule has 0 aliphatic carbocycles. The van der Waals surface area contributed by atoms with Crippen molar-refractivity contribution in [1.82, 2.24) is 5.32 Å². The molecule has 23 heavy (non-hydrogen) atoms. The number of carbonyl (C=O) groups excluding carboxylic acids is 1. The zero-order valence-electron chi connectivity index (χ0n) is 11.7. The molecule has 4 nitrogen and oxygen atoms in total. The van der Waals surface area contributed by atoms with E-state index in [-0.39, 0.29) is 12.1 Å². The first-order valence-electron chi connectivity index (χ1n) is 6.55. The van der Waals surface area contributed by atoms with Gasteiger partial charge in [-0.1, -0.05) is 36.4 Å². The molecule has 2 aromatic rings. The molecular weight excluding hydrogens is 311 g/mol. The van der Waals surface area contributed by atoms with Gasteiger partial charge in [0.1, 0.15) is 0 Å². The first-order valence-corrected chi connectivity index (χ1v) is 6.55. The number of halogens is 3. The van der Waals surface area contributed by atoms with Crippen LogP contribution in [0.3, 0.4) is 0 Å². The minimum Gasteiger partial charge on any atom is -0.478 e. The second-order valence-electron chi connectivity index (χ2n) is 4.72. The van der Waals surface area contributed by atoms with Crippen molar-refractivity contribution in [3.05, 3.63) is 59.7 Å². The summed E-state index contributed by atoms with van der Waals surface area (Å²) in [6.07, 6.45) is -4.93. The Kier molecular flexibility index (Phi) is 4.68. The van der Waals surface area contributed by atoms with E-state index < -0.39 is 18.1 Å². The van der Waals surface area contributed by atoms with E-state index in [0.29, 0.717) is 16.7 Å². The summed E-state index contributed by atoms with van der Waals surface area (Å²) in [7, 11) is 0. The van der Waals surface area contributed by atoms with Crippen molar-refractivity contribution in [2.75, 3.05) is 0 Å². The third-order valence-corrected chi connectivity index (χ3v) is 3.16. The van der Waals surface area contributed by atoms with Crippen LogP contribution in [-0.4, -0.2) is 23.2 Å². The van der Waals surface area contributed by atoms with Crippen molar-refractivity contribution in [2.45, 2.75) is 12.7 Å². The van der Waals surface area contributed by atoms with E-state index in [2.05, 4.69) is 0 Å². The molecule has 0 unspecified atom stereocenters. The van der Waals surface area contributed by atoms with E-state index in [1.165, 1.54) is 12.1 Å². The van der Waals surface area contributed by atoms with Crippen LogP contribution >= 0.6 is 0 Å². The molecule has 0 aliphatic heterocycles. The Balaban J connectivity index is 2.23. The lowest BCUT2D eigenvalue weighted by Gasteiger charge is -2.12. The van der Waals surface area contributed by atoms with E-state index in [0.717, 1.165) is 0 Å². The number of carbonyl (C=O) groups is 2. The quantitative estimate of drug-likeness (QED) is 0.908. The van der Waals surface area contributed by atoms with Crippen molar-refractivity contribution >= 4 is 11.9 Å². The summed E-state index contributed by atoms with van der Waals surface area (Å²) in [4.78, 5) is 21.7. The van der Waals surface area contributed by atoms with Gasteiger partial charge in [0.15, 0.2) is 0 Å². The van der Waals surface area contributed by atoms with E-state index in [1.807, 2.05) is 5.32 Å². The minimum absolute atomic E-state index is 0.108. The minimum atomic E-state index is -4.93. The average Bonchev–Trinajstić information content (AvgIpc) is 2.52. The summed E-state index contributed by atoms with van der Waals surface area (Å²) in [5.41, 5.74) is 1.86. The maximum absolute atomic E-state index is 12.2. The molecule has 0 atom stereocenters. The number of aromatic carboxylic acids is 1.